The van der Waals surface area contributed by atoms with Crippen molar-refractivity contribution in [2.75, 3.05) is 12.3 Å². The van der Waals surface area contributed by atoms with Crippen LogP contribution in [0.5, 0.6) is 0 Å². The van der Waals surface area contributed by atoms with E-state index in [0.717, 1.165) is 18.9 Å². The molecule has 21 heavy (non-hydrogen) atoms. The minimum Gasteiger partial charge on any atom is -0.462 e. The number of benzene rings is 1. The van der Waals surface area contributed by atoms with E-state index in [1.807, 2.05) is 0 Å². The zero-order valence-electron chi connectivity index (χ0n) is 12.9. The molecule has 3 nitrogen and oxygen atoms in total. The Kier molecular flexibility index (Phi) is 8.48. The van der Waals surface area contributed by atoms with Gasteiger partial charge in [-0.2, -0.15) is 0 Å². The zero-order chi connectivity index (χ0) is 15.5. The zero-order valence-corrected chi connectivity index (χ0v) is 12.9. The lowest BCUT2D eigenvalue weighted by atomic mass is 10.1. The molecule has 2 N–H and O–H groups in total. The summed E-state index contributed by atoms with van der Waals surface area (Å²) >= 11 is 0. The second kappa shape index (κ2) is 10.2. The summed E-state index contributed by atoms with van der Waals surface area (Å²) in [4.78, 5) is 11.7. The molecule has 0 atom stereocenters. The van der Waals surface area contributed by atoms with Crippen LogP contribution < -0.4 is 5.73 Å². The van der Waals surface area contributed by atoms with Crippen LogP contribution in [0.2, 0.25) is 0 Å². The molecule has 1 aromatic carbocycles. The molecule has 0 fully saturated rings. The van der Waals surface area contributed by atoms with Gasteiger partial charge in [0.1, 0.15) is 5.82 Å². The average molecular weight is 295 g/mol. The van der Waals surface area contributed by atoms with Gasteiger partial charge < -0.3 is 10.5 Å². The van der Waals surface area contributed by atoms with E-state index < -0.39 is 11.8 Å². The Labute approximate surface area is 126 Å². The maximum absolute atomic E-state index is 13.2. The van der Waals surface area contributed by atoms with Crippen LogP contribution in [0, 0.1) is 5.82 Å². The number of ether oxygens (including phenoxy) is 1. The molecule has 0 saturated heterocycles. The summed E-state index contributed by atoms with van der Waals surface area (Å²) in [6.45, 7) is 2.60. The number of unbranched alkanes of at least 4 members (excludes halogenated alkanes) is 7. The second-order valence-electron chi connectivity index (χ2n) is 5.35. The predicted molar refractivity (Wildman–Crippen MR) is 83.7 cm³/mol. The lowest BCUT2D eigenvalue weighted by Crippen LogP contribution is -2.07. The Morgan fingerprint density at radius 2 is 1.71 bits per heavy atom. The smallest absolute Gasteiger partial charge is 0.338 e. The van der Waals surface area contributed by atoms with Gasteiger partial charge in [0.15, 0.2) is 0 Å². The number of hydrogen-bond donors (Lipinski definition) is 1. The van der Waals surface area contributed by atoms with Crippen molar-refractivity contribution in [3.63, 3.8) is 0 Å². The summed E-state index contributed by atoms with van der Waals surface area (Å²) in [5, 5.41) is 0. The fraction of sp³-hybridized carbons (Fsp3) is 0.588. The lowest BCUT2D eigenvalue weighted by Gasteiger charge is -2.06. The first kappa shape index (κ1) is 17.5. The van der Waals surface area contributed by atoms with E-state index in [4.69, 9.17) is 10.5 Å². The van der Waals surface area contributed by atoms with Crippen LogP contribution in [-0.2, 0) is 4.74 Å². The monoisotopic (exact) mass is 295 g/mol. The second-order valence-corrected chi connectivity index (χ2v) is 5.35. The highest BCUT2D eigenvalue weighted by atomic mass is 19.1. The maximum Gasteiger partial charge on any atom is 0.338 e. The van der Waals surface area contributed by atoms with Crippen molar-refractivity contribution in [3.05, 3.63) is 29.6 Å². The quantitative estimate of drug-likeness (QED) is 0.386. The summed E-state index contributed by atoms with van der Waals surface area (Å²) in [6.07, 6.45) is 9.53. The number of carbonyl (C=O) groups excluding carboxylic acids is 1. The predicted octanol–water partition coefficient (Wildman–Crippen LogP) is 4.71. The molecule has 0 saturated carbocycles. The van der Waals surface area contributed by atoms with Crippen LogP contribution in [0.4, 0.5) is 10.1 Å². The van der Waals surface area contributed by atoms with Crippen molar-refractivity contribution in [1.29, 1.82) is 0 Å². The standard InChI is InChI=1S/C17H26FNO2/c1-2-3-4-5-6-7-8-9-12-21-17(20)14-10-11-16(19)15(18)13-14/h10-11,13H,2-9,12,19H2,1H3. The summed E-state index contributed by atoms with van der Waals surface area (Å²) < 4.78 is 18.3. The number of hydrogen-bond acceptors (Lipinski definition) is 3. The molecule has 0 aliphatic carbocycles. The first-order valence-electron chi connectivity index (χ1n) is 7.87. The van der Waals surface area contributed by atoms with Crippen molar-refractivity contribution >= 4 is 11.7 Å². The highest BCUT2D eigenvalue weighted by Gasteiger charge is 2.09. The third kappa shape index (κ3) is 7.11. The molecule has 1 aromatic rings. The molecule has 0 spiro atoms. The number of nitrogen functional groups attached to an aromatic ring is 1. The molecule has 0 amide bonds. The number of carbonyl (C=O) groups is 1. The molecule has 0 aliphatic rings. The van der Waals surface area contributed by atoms with Crippen LogP contribution >= 0.6 is 0 Å². The highest BCUT2D eigenvalue weighted by molar-refractivity contribution is 5.89. The molecule has 0 heterocycles. The summed E-state index contributed by atoms with van der Waals surface area (Å²) in [5.41, 5.74) is 5.61. The summed E-state index contributed by atoms with van der Waals surface area (Å²) in [5.74, 6) is -1.08. The molecule has 0 unspecified atom stereocenters. The summed E-state index contributed by atoms with van der Waals surface area (Å²) in [6, 6.07) is 3.97. The Bertz CT molecular complexity index is 435. The van der Waals surface area contributed by atoms with Crippen molar-refractivity contribution in [1.82, 2.24) is 0 Å². The number of esters is 1. The molecular formula is C17H26FNO2. The number of rotatable bonds is 10. The molecule has 0 aromatic heterocycles. The summed E-state index contributed by atoms with van der Waals surface area (Å²) in [7, 11) is 0. The minimum absolute atomic E-state index is 0.0367. The third-order valence-electron chi connectivity index (χ3n) is 3.47. The average Bonchev–Trinajstić information content (AvgIpc) is 2.48. The van der Waals surface area contributed by atoms with Crippen molar-refractivity contribution in [2.24, 2.45) is 0 Å². The lowest BCUT2D eigenvalue weighted by molar-refractivity contribution is 0.0497. The Hall–Kier alpha value is -1.58. The van der Waals surface area contributed by atoms with Gasteiger partial charge in [-0.25, -0.2) is 9.18 Å². The van der Waals surface area contributed by atoms with Crippen molar-refractivity contribution in [3.8, 4) is 0 Å². The van der Waals surface area contributed by atoms with Crippen LogP contribution in [-0.4, -0.2) is 12.6 Å². The van der Waals surface area contributed by atoms with Gasteiger partial charge in [0, 0.05) is 0 Å². The largest absolute Gasteiger partial charge is 0.462 e. The van der Waals surface area contributed by atoms with E-state index in [9.17, 15) is 9.18 Å². The Morgan fingerprint density at radius 3 is 2.33 bits per heavy atom. The molecular weight excluding hydrogens is 269 g/mol. The Morgan fingerprint density at radius 1 is 1.10 bits per heavy atom. The van der Waals surface area contributed by atoms with Gasteiger partial charge in [0.05, 0.1) is 17.9 Å². The van der Waals surface area contributed by atoms with E-state index >= 15 is 0 Å². The van der Waals surface area contributed by atoms with Gasteiger partial charge in [0.25, 0.3) is 0 Å². The Balaban J connectivity index is 2.09. The van der Waals surface area contributed by atoms with Gasteiger partial charge in [-0.3, -0.25) is 0 Å². The van der Waals surface area contributed by atoms with E-state index in [-0.39, 0.29) is 11.3 Å². The van der Waals surface area contributed by atoms with Gasteiger partial charge in [-0.05, 0) is 24.6 Å². The first-order valence-corrected chi connectivity index (χ1v) is 7.87. The SMILES string of the molecule is CCCCCCCCCCOC(=O)c1ccc(N)c(F)c1. The van der Waals surface area contributed by atoms with Crippen molar-refractivity contribution in [2.45, 2.75) is 58.3 Å². The maximum atomic E-state index is 13.2. The normalized spacial score (nSPS) is 10.6. The fourth-order valence-corrected chi connectivity index (χ4v) is 2.14. The van der Waals surface area contributed by atoms with Crippen LogP contribution in [0.15, 0.2) is 18.2 Å². The molecule has 0 radical (unpaired) electrons. The minimum atomic E-state index is -0.587. The highest BCUT2D eigenvalue weighted by Crippen LogP contribution is 2.13. The molecule has 1 rings (SSSR count). The van der Waals surface area contributed by atoms with E-state index in [2.05, 4.69) is 6.92 Å². The van der Waals surface area contributed by atoms with Gasteiger partial charge >= 0.3 is 5.97 Å². The molecule has 0 bridgehead atoms. The molecule has 118 valence electrons. The molecule has 4 heteroatoms. The van der Waals surface area contributed by atoms with Crippen LogP contribution in [0.25, 0.3) is 0 Å². The number of halogens is 1. The van der Waals surface area contributed by atoms with Crippen LogP contribution in [0.1, 0.15) is 68.6 Å². The van der Waals surface area contributed by atoms with Gasteiger partial charge in [-0.15, -0.1) is 0 Å². The molecule has 0 aliphatic heterocycles. The first-order chi connectivity index (χ1) is 10.1. The van der Waals surface area contributed by atoms with E-state index in [1.54, 1.807) is 0 Å². The fourth-order valence-electron chi connectivity index (χ4n) is 2.14. The topological polar surface area (TPSA) is 52.3 Å². The third-order valence-corrected chi connectivity index (χ3v) is 3.47. The number of anilines is 1. The van der Waals surface area contributed by atoms with Gasteiger partial charge in [-0.1, -0.05) is 51.9 Å². The van der Waals surface area contributed by atoms with E-state index in [0.29, 0.717) is 6.61 Å². The number of nitrogens with two attached hydrogens (primary N) is 1. The van der Waals surface area contributed by atoms with Gasteiger partial charge in [0.2, 0.25) is 0 Å². The van der Waals surface area contributed by atoms with Crippen LogP contribution in [0.3, 0.4) is 0 Å². The van der Waals surface area contributed by atoms with E-state index in [1.165, 1.54) is 50.7 Å². The van der Waals surface area contributed by atoms with Crippen molar-refractivity contribution < 1.29 is 13.9 Å².